The average molecular weight is 341 g/mol. The lowest BCUT2D eigenvalue weighted by Crippen LogP contribution is -2.29. The number of amides is 2. The normalized spacial score (nSPS) is 10.3. The summed E-state index contributed by atoms with van der Waals surface area (Å²) in [6.45, 7) is 4.95. The van der Waals surface area contributed by atoms with E-state index < -0.39 is 0 Å². The molecule has 0 aliphatic heterocycles. The quantitative estimate of drug-likeness (QED) is 0.564. The molecule has 25 heavy (non-hydrogen) atoms. The molecule has 0 bridgehead atoms. The van der Waals surface area contributed by atoms with Gasteiger partial charge in [0.15, 0.2) is 5.82 Å². The minimum atomic E-state index is -0.246. The van der Waals surface area contributed by atoms with Crippen LogP contribution in [0.15, 0.2) is 18.6 Å². The van der Waals surface area contributed by atoms with Crippen LogP contribution < -0.4 is 10.6 Å². The van der Waals surface area contributed by atoms with E-state index in [0.29, 0.717) is 18.1 Å². The highest BCUT2D eigenvalue weighted by Crippen LogP contribution is 2.09. The van der Waals surface area contributed by atoms with Crippen molar-refractivity contribution in [3.8, 4) is 11.8 Å². The van der Waals surface area contributed by atoms with Crippen LogP contribution in [-0.4, -0.2) is 26.9 Å². The summed E-state index contributed by atoms with van der Waals surface area (Å²) in [7, 11) is 0. The predicted octanol–water partition coefficient (Wildman–Crippen LogP) is 3.97. The van der Waals surface area contributed by atoms with Crippen molar-refractivity contribution in [1.82, 2.24) is 19.7 Å². The molecule has 0 fully saturated rings. The minimum absolute atomic E-state index is 0.246. The molecule has 0 aliphatic rings. The maximum absolute atomic E-state index is 11.8. The maximum Gasteiger partial charge on any atom is 0.320 e. The molecule has 6 nitrogen and oxygen atoms in total. The summed E-state index contributed by atoms with van der Waals surface area (Å²) in [5.74, 6) is 7.34. The molecule has 0 aromatic carbocycles. The Bertz CT molecular complexity index is 741. The molecule has 0 unspecified atom stereocenters. The summed E-state index contributed by atoms with van der Waals surface area (Å²) in [5.41, 5.74) is 0.847. The maximum atomic E-state index is 11.8. The minimum Gasteiger partial charge on any atom is -0.338 e. The van der Waals surface area contributed by atoms with Crippen LogP contribution in [0.4, 0.5) is 10.6 Å². The Hall–Kier alpha value is -2.55. The Balaban J connectivity index is 1.92. The fraction of sp³-hybridized carbons (Fsp3) is 0.526. The van der Waals surface area contributed by atoms with Gasteiger partial charge in [0.2, 0.25) is 5.78 Å². The van der Waals surface area contributed by atoms with Gasteiger partial charge in [0.1, 0.15) is 0 Å². The molecule has 6 heteroatoms. The number of carbonyl (C=O) groups is 1. The second kappa shape index (κ2) is 10.3. The molecular weight excluding hydrogens is 314 g/mol. The van der Waals surface area contributed by atoms with Crippen molar-refractivity contribution < 1.29 is 4.79 Å². The van der Waals surface area contributed by atoms with Gasteiger partial charge in [-0.15, -0.1) is 0 Å². The molecule has 0 saturated heterocycles. The third kappa shape index (κ3) is 6.46. The van der Waals surface area contributed by atoms with Crippen LogP contribution in [0.2, 0.25) is 0 Å². The second-order valence-electron chi connectivity index (χ2n) is 6.02. The van der Waals surface area contributed by atoms with E-state index in [9.17, 15) is 4.79 Å². The first-order valence-electron chi connectivity index (χ1n) is 9.11. The van der Waals surface area contributed by atoms with Crippen LogP contribution >= 0.6 is 0 Å². The first kappa shape index (κ1) is 18.8. The number of urea groups is 1. The summed E-state index contributed by atoms with van der Waals surface area (Å²) in [6, 6.07) is -0.246. The third-order valence-corrected chi connectivity index (χ3v) is 3.76. The molecule has 134 valence electrons. The van der Waals surface area contributed by atoms with Crippen molar-refractivity contribution in [2.45, 2.75) is 58.8 Å². The molecule has 2 rings (SSSR count). The number of hydrogen-bond donors (Lipinski definition) is 2. The number of anilines is 1. The number of unbranched alkanes of at least 4 members (excludes halogenated alkanes) is 5. The topological polar surface area (TPSA) is 71.3 Å². The molecule has 0 saturated carbocycles. The third-order valence-electron chi connectivity index (χ3n) is 3.76. The number of nitrogens with zero attached hydrogens (tertiary/aromatic N) is 3. The number of hydrogen-bond acceptors (Lipinski definition) is 3. The molecule has 2 amide bonds. The second-order valence-corrected chi connectivity index (χ2v) is 6.02. The van der Waals surface area contributed by atoms with Gasteiger partial charge in [-0.05, 0) is 12.8 Å². The lowest BCUT2D eigenvalue weighted by atomic mass is 10.1. The number of carbonyl (C=O) groups excluding carboxylic acids is 1. The standard InChI is InChI=1S/C19H27N5O/c1-3-5-7-8-9-10-11-16-13-21-18-22-17(15-24(18)14-16)23-19(25)20-12-6-4-2/h13-15H,3-9,12H2,1-2H3,(H2,20,23,25). The summed E-state index contributed by atoms with van der Waals surface area (Å²) < 4.78 is 1.78. The highest BCUT2D eigenvalue weighted by molar-refractivity contribution is 5.88. The number of nitrogens with one attached hydrogen (secondary N) is 2. The van der Waals surface area contributed by atoms with Gasteiger partial charge in [-0.25, -0.2) is 9.78 Å². The Morgan fingerprint density at radius 1 is 1.16 bits per heavy atom. The molecule has 2 N–H and O–H groups in total. The Labute approximate surface area is 149 Å². The highest BCUT2D eigenvalue weighted by Gasteiger charge is 2.06. The van der Waals surface area contributed by atoms with E-state index in [1.54, 1.807) is 16.8 Å². The Morgan fingerprint density at radius 3 is 2.80 bits per heavy atom. The van der Waals surface area contributed by atoms with Gasteiger partial charge in [0, 0.05) is 25.4 Å². The summed E-state index contributed by atoms with van der Waals surface area (Å²) in [4.78, 5) is 20.3. The first-order valence-corrected chi connectivity index (χ1v) is 9.11. The Kier molecular flexibility index (Phi) is 7.77. The summed E-state index contributed by atoms with van der Waals surface area (Å²) in [6.07, 6.45) is 13.1. The van der Waals surface area contributed by atoms with Crippen LogP contribution in [0, 0.1) is 11.8 Å². The number of aromatic nitrogens is 3. The Morgan fingerprint density at radius 2 is 2.00 bits per heavy atom. The molecule has 2 heterocycles. The van der Waals surface area contributed by atoms with Crippen molar-refractivity contribution in [3.05, 3.63) is 24.2 Å². The van der Waals surface area contributed by atoms with E-state index >= 15 is 0 Å². The van der Waals surface area contributed by atoms with Crippen molar-refractivity contribution in [2.24, 2.45) is 0 Å². The zero-order valence-corrected chi connectivity index (χ0v) is 15.1. The van der Waals surface area contributed by atoms with E-state index in [-0.39, 0.29) is 6.03 Å². The molecular formula is C19H27N5O. The zero-order valence-electron chi connectivity index (χ0n) is 15.1. The molecule has 0 spiro atoms. The van der Waals surface area contributed by atoms with Gasteiger partial charge >= 0.3 is 6.03 Å². The van der Waals surface area contributed by atoms with Crippen LogP contribution in [0.5, 0.6) is 0 Å². The number of imidazole rings is 1. The zero-order chi connectivity index (χ0) is 17.9. The van der Waals surface area contributed by atoms with Gasteiger partial charge in [-0.2, -0.15) is 4.98 Å². The van der Waals surface area contributed by atoms with Gasteiger partial charge in [0.25, 0.3) is 0 Å². The van der Waals surface area contributed by atoms with E-state index in [4.69, 9.17) is 0 Å². The van der Waals surface area contributed by atoms with Crippen LogP contribution in [0.25, 0.3) is 5.78 Å². The fourth-order valence-electron chi connectivity index (χ4n) is 2.35. The van der Waals surface area contributed by atoms with Gasteiger partial charge < -0.3 is 5.32 Å². The van der Waals surface area contributed by atoms with E-state index in [1.165, 1.54) is 19.3 Å². The van der Waals surface area contributed by atoms with Crippen molar-refractivity contribution in [3.63, 3.8) is 0 Å². The average Bonchev–Trinajstić information content (AvgIpc) is 2.99. The largest absolute Gasteiger partial charge is 0.338 e. The molecule has 0 radical (unpaired) electrons. The fourth-order valence-corrected chi connectivity index (χ4v) is 2.35. The van der Waals surface area contributed by atoms with Crippen molar-refractivity contribution in [2.75, 3.05) is 11.9 Å². The van der Waals surface area contributed by atoms with Crippen LogP contribution in [0.3, 0.4) is 0 Å². The SMILES string of the molecule is CCCCCCC#Cc1cnc2nc(NC(=O)NCCCC)cn2c1. The van der Waals surface area contributed by atoms with E-state index in [1.807, 2.05) is 6.20 Å². The lowest BCUT2D eigenvalue weighted by Gasteiger charge is -2.03. The van der Waals surface area contributed by atoms with Gasteiger partial charge in [0.05, 0.1) is 11.8 Å². The molecule has 2 aromatic heterocycles. The van der Waals surface area contributed by atoms with Crippen LogP contribution in [0.1, 0.15) is 64.4 Å². The molecule has 0 atom stereocenters. The monoisotopic (exact) mass is 341 g/mol. The number of rotatable bonds is 8. The van der Waals surface area contributed by atoms with E-state index in [2.05, 4.69) is 46.3 Å². The highest BCUT2D eigenvalue weighted by atomic mass is 16.2. The van der Waals surface area contributed by atoms with Gasteiger partial charge in [-0.1, -0.05) is 51.4 Å². The first-order chi connectivity index (χ1) is 12.2. The predicted molar refractivity (Wildman–Crippen MR) is 101 cm³/mol. The summed E-state index contributed by atoms with van der Waals surface area (Å²) in [5, 5.41) is 5.52. The van der Waals surface area contributed by atoms with Crippen LogP contribution in [-0.2, 0) is 0 Å². The number of fused-ring (bicyclic) bond motifs is 1. The smallest absolute Gasteiger partial charge is 0.320 e. The summed E-state index contributed by atoms with van der Waals surface area (Å²) >= 11 is 0. The lowest BCUT2D eigenvalue weighted by molar-refractivity contribution is 0.252. The molecule has 2 aromatic rings. The van der Waals surface area contributed by atoms with Gasteiger partial charge in [-0.3, -0.25) is 9.72 Å². The molecule has 0 aliphatic carbocycles. The van der Waals surface area contributed by atoms with Crippen molar-refractivity contribution >= 4 is 17.6 Å². The van der Waals surface area contributed by atoms with Crippen molar-refractivity contribution in [1.29, 1.82) is 0 Å². The van der Waals surface area contributed by atoms with E-state index in [0.717, 1.165) is 31.2 Å².